The fourth-order valence-corrected chi connectivity index (χ4v) is 2.22. The van der Waals surface area contributed by atoms with Crippen molar-refractivity contribution in [3.8, 4) is 0 Å². The summed E-state index contributed by atoms with van der Waals surface area (Å²) < 4.78 is 10.8. The zero-order chi connectivity index (χ0) is 15.5. The highest BCUT2D eigenvalue weighted by atomic mass is 16.6. The van der Waals surface area contributed by atoms with Crippen molar-refractivity contribution in [2.75, 3.05) is 0 Å². The van der Waals surface area contributed by atoms with E-state index in [9.17, 15) is 9.59 Å². The van der Waals surface area contributed by atoms with Gasteiger partial charge in [0.05, 0.1) is 5.39 Å². The molecular formula is C18H14O4. The molecule has 2 aromatic carbocycles. The summed E-state index contributed by atoms with van der Waals surface area (Å²) in [5, 5.41) is 0.440. The number of fused-ring (bicyclic) bond motifs is 1. The van der Waals surface area contributed by atoms with Gasteiger partial charge < -0.3 is 9.15 Å². The van der Waals surface area contributed by atoms with Crippen molar-refractivity contribution in [2.24, 2.45) is 0 Å². The number of ether oxygens (including phenoxy) is 1. The summed E-state index contributed by atoms with van der Waals surface area (Å²) in [4.78, 5) is 24.2. The zero-order valence-corrected chi connectivity index (χ0v) is 12.0. The molecule has 0 spiro atoms. The van der Waals surface area contributed by atoms with E-state index in [2.05, 4.69) is 0 Å². The summed E-state index contributed by atoms with van der Waals surface area (Å²) >= 11 is 0. The standard InChI is InChI=1S/C18H14O4/c1-12(13-7-3-2-4-8-13)21-18(20)17-11-15(19)14-9-5-6-10-16(14)22-17/h2-12H,1H3/t12-/m0/s1. The maximum absolute atomic E-state index is 12.2. The lowest BCUT2D eigenvalue weighted by molar-refractivity contribution is 0.0302. The van der Waals surface area contributed by atoms with Gasteiger partial charge in [0.1, 0.15) is 11.7 Å². The van der Waals surface area contributed by atoms with E-state index in [1.54, 1.807) is 31.2 Å². The van der Waals surface area contributed by atoms with Gasteiger partial charge in [-0.1, -0.05) is 42.5 Å². The Morgan fingerprint density at radius 2 is 1.73 bits per heavy atom. The minimum Gasteiger partial charge on any atom is -0.452 e. The average molecular weight is 294 g/mol. The Labute approximate surface area is 127 Å². The molecule has 0 unspecified atom stereocenters. The summed E-state index contributed by atoms with van der Waals surface area (Å²) in [6.45, 7) is 1.77. The Balaban J connectivity index is 1.88. The summed E-state index contributed by atoms with van der Waals surface area (Å²) in [6, 6.07) is 17.3. The molecule has 0 amide bonds. The number of carbonyl (C=O) groups is 1. The van der Waals surface area contributed by atoms with Crippen molar-refractivity contribution in [3.63, 3.8) is 0 Å². The molecule has 0 bridgehead atoms. The monoisotopic (exact) mass is 294 g/mol. The lowest BCUT2D eigenvalue weighted by Crippen LogP contribution is -2.12. The van der Waals surface area contributed by atoms with Crippen LogP contribution in [0.15, 0.2) is 69.9 Å². The summed E-state index contributed by atoms with van der Waals surface area (Å²) in [7, 11) is 0. The molecule has 0 saturated heterocycles. The lowest BCUT2D eigenvalue weighted by Gasteiger charge is -2.13. The highest BCUT2D eigenvalue weighted by Crippen LogP contribution is 2.19. The predicted molar refractivity (Wildman–Crippen MR) is 82.8 cm³/mol. The first-order valence-electron chi connectivity index (χ1n) is 6.94. The fourth-order valence-electron chi connectivity index (χ4n) is 2.22. The van der Waals surface area contributed by atoms with Crippen molar-refractivity contribution in [1.29, 1.82) is 0 Å². The molecule has 3 aromatic rings. The van der Waals surface area contributed by atoms with Crippen molar-refractivity contribution < 1.29 is 13.9 Å². The minimum atomic E-state index is -0.654. The van der Waals surface area contributed by atoms with Gasteiger partial charge in [0, 0.05) is 6.07 Å². The molecule has 3 rings (SSSR count). The first kappa shape index (κ1) is 14.1. The van der Waals surface area contributed by atoms with Gasteiger partial charge in [-0.15, -0.1) is 0 Å². The SMILES string of the molecule is C[C@H](OC(=O)c1cc(=O)c2ccccc2o1)c1ccccc1. The maximum Gasteiger partial charge on any atom is 0.374 e. The van der Waals surface area contributed by atoms with Crippen LogP contribution in [0.4, 0.5) is 0 Å². The molecule has 4 nitrogen and oxygen atoms in total. The van der Waals surface area contributed by atoms with E-state index in [0.29, 0.717) is 11.0 Å². The van der Waals surface area contributed by atoms with Crippen LogP contribution >= 0.6 is 0 Å². The van der Waals surface area contributed by atoms with Crippen molar-refractivity contribution in [2.45, 2.75) is 13.0 Å². The Morgan fingerprint density at radius 1 is 1.05 bits per heavy atom. The first-order valence-corrected chi connectivity index (χ1v) is 6.94. The van der Waals surface area contributed by atoms with Crippen LogP contribution in [0, 0.1) is 0 Å². The van der Waals surface area contributed by atoms with Gasteiger partial charge in [0.2, 0.25) is 5.76 Å². The third-order valence-electron chi connectivity index (χ3n) is 3.39. The van der Waals surface area contributed by atoms with E-state index >= 15 is 0 Å². The highest BCUT2D eigenvalue weighted by molar-refractivity contribution is 5.89. The third kappa shape index (κ3) is 2.76. The maximum atomic E-state index is 12.2. The Morgan fingerprint density at radius 3 is 2.50 bits per heavy atom. The van der Waals surface area contributed by atoms with Gasteiger partial charge in [-0.2, -0.15) is 0 Å². The zero-order valence-electron chi connectivity index (χ0n) is 12.0. The molecule has 110 valence electrons. The average Bonchev–Trinajstić information content (AvgIpc) is 2.55. The van der Waals surface area contributed by atoms with Crippen LogP contribution in [0.3, 0.4) is 0 Å². The molecule has 1 atom stereocenters. The minimum absolute atomic E-state index is 0.0912. The predicted octanol–water partition coefficient (Wildman–Crippen LogP) is 3.71. The molecule has 1 heterocycles. The fraction of sp³-hybridized carbons (Fsp3) is 0.111. The number of carbonyl (C=O) groups excluding carboxylic acids is 1. The second-order valence-electron chi connectivity index (χ2n) is 4.93. The molecule has 1 aromatic heterocycles. The molecule has 0 radical (unpaired) electrons. The first-order chi connectivity index (χ1) is 10.6. The Hall–Kier alpha value is -2.88. The lowest BCUT2D eigenvalue weighted by atomic mass is 10.1. The van der Waals surface area contributed by atoms with E-state index in [1.165, 1.54) is 6.07 Å². The molecule has 4 heteroatoms. The van der Waals surface area contributed by atoms with Gasteiger partial charge in [0.15, 0.2) is 5.43 Å². The van der Waals surface area contributed by atoms with Crippen LogP contribution in [-0.4, -0.2) is 5.97 Å². The van der Waals surface area contributed by atoms with Gasteiger partial charge >= 0.3 is 5.97 Å². The van der Waals surface area contributed by atoms with E-state index in [4.69, 9.17) is 9.15 Å². The number of hydrogen-bond donors (Lipinski definition) is 0. The quantitative estimate of drug-likeness (QED) is 0.691. The molecule has 0 aliphatic rings. The van der Waals surface area contributed by atoms with Gasteiger partial charge in [-0.05, 0) is 24.6 Å². The Kier molecular flexibility index (Phi) is 3.74. The highest BCUT2D eigenvalue weighted by Gasteiger charge is 2.17. The normalized spacial score (nSPS) is 12.0. The number of hydrogen-bond acceptors (Lipinski definition) is 4. The van der Waals surface area contributed by atoms with Crippen LogP contribution in [-0.2, 0) is 4.74 Å². The smallest absolute Gasteiger partial charge is 0.374 e. The topological polar surface area (TPSA) is 56.5 Å². The number of esters is 1. The third-order valence-corrected chi connectivity index (χ3v) is 3.39. The van der Waals surface area contributed by atoms with Crippen LogP contribution in [0.25, 0.3) is 11.0 Å². The number of rotatable bonds is 3. The van der Waals surface area contributed by atoms with Crippen molar-refractivity contribution in [3.05, 3.63) is 82.2 Å². The summed E-state index contributed by atoms with van der Waals surface area (Å²) in [6.07, 6.45) is -0.425. The van der Waals surface area contributed by atoms with E-state index in [1.807, 2.05) is 30.3 Å². The van der Waals surface area contributed by atoms with Gasteiger partial charge in [-0.3, -0.25) is 4.79 Å². The molecule has 22 heavy (non-hydrogen) atoms. The second kappa shape index (κ2) is 5.85. The molecule has 0 saturated carbocycles. The van der Waals surface area contributed by atoms with Gasteiger partial charge in [-0.25, -0.2) is 4.79 Å². The number of benzene rings is 2. The van der Waals surface area contributed by atoms with Crippen molar-refractivity contribution in [1.82, 2.24) is 0 Å². The van der Waals surface area contributed by atoms with Gasteiger partial charge in [0.25, 0.3) is 0 Å². The molecule has 0 aliphatic carbocycles. The van der Waals surface area contributed by atoms with Crippen LogP contribution in [0.5, 0.6) is 0 Å². The van der Waals surface area contributed by atoms with E-state index in [0.717, 1.165) is 5.56 Å². The summed E-state index contributed by atoms with van der Waals surface area (Å²) in [5.74, 6) is -0.745. The van der Waals surface area contributed by atoms with E-state index in [-0.39, 0.29) is 11.2 Å². The van der Waals surface area contributed by atoms with Crippen LogP contribution in [0.2, 0.25) is 0 Å². The van der Waals surface area contributed by atoms with Crippen molar-refractivity contribution >= 4 is 16.9 Å². The van der Waals surface area contributed by atoms with Crippen LogP contribution in [0.1, 0.15) is 29.1 Å². The molecular weight excluding hydrogens is 280 g/mol. The molecule has 0 fully saturated rings. The number of para-hydroxylation sites is 1. The molecule has 0 aliphatic heterocycles. The van der Waals surface area contributed by atoms with E-state index < -0.39 is 12.1 Å². The largest absolute Gasteiger partial charge is 0.452 e. The Bertz CT molecular complexity index is 865. The molecule has 0 N–H and O–H groups in total. The van der Waals surface area contributed by atoms with Crippen LogP contribution < -0.4 is 5.43 Å². The summed E-state index contributed by atoms with van der Waals surface area (Å²) in [5.41, 5.74) is 0.981. The second-order valence-corrected chi connectivity index (χ2v) is 4.93.